The van der Waals surface area contributed by atoms with Crippen molar-refractivity contribution in [2.45, 2.75) is 19.8 Å². The Morgan fingerprint density at radius 2 is 2.04 bits per heavy atom. The number of nitrogens with zero attached hydrogens (tertiary/aromatic N) is 2. The fourth-order valence-corrected chi connectivity index (χ4v) is 2.97. The number of carbonyl (C=O) groups excluding carboxylic acids is 1. The van der Waals surface area contributed by atoms with E-state index in [-0.39, 0.29) is 5.69 Å². The van der Waals surface area contributed by atoms with Crippen molar-refractivity contribution >= 4 is 17.3 Å². The molecule has 3 rings (SSSR count). The second-order valence-corrected chi connectivity index (χ2v) is 6.27. The molecule has 1 amide bonds. The van der Waals surface area contributed by atoms with Gasteiger partial charge in [-0.25, -0.2) is 13.2 Å². The molecule has 0 radical (unpaired) electrons. The first-order valence-electron chi connectivity index (χ1n) is 8.11. The van der Waals surface area contributed by atoms with Gasteiger partial charge in [0.05, 0.1) is 5.69 Å². The number of benzene rings is 1. The average molecular weight is 349 g/mol. The maximum atomic E-state index is 13.7. The first kappa shape index (κ1) is 17.3. The Bertz CT molecular complexity index is 797. The molecule has 25 heavy (non-hydrogen) atoms. The minimum absolute atomic E-state index is 0.0832. The van der Waals surface area contributed by atoms with E-state index in [1.54, 1.807) is 6.07 Å². The molecule has 1 unspecified atom stereocenters. The smallest absolute Gasteiger partial charge is 0.274 e. The topological polar surface area (TPSA) is 45.2 Å². The highest BCUT2D eigenvalue weighted by Crippen LogP contribution is 2.24. The van der Waals surface area contributed by atoms with Crippen LogP contribution in [0.3, 0.4) is 0 Å². The number of halogens is 3. The Labute approximate surface area is 143 Å². The van der Waals surface area contributed by atoms with Crippen LogP contribution in [0.1, 0.15) is 30.3 Å². The first-order chi connectivity index (χ1) is 12.0. The second kappa shape index (κ2) is 7.13. The van der Waals surface area contributed by atoms with Crippen molar-refractivity contribution in [3.8, 4) is 0 Å². The third-order valence-corrected chi connectivity index (χ3v) is 4.28. The highest BCUT2D eigenvalue weighted by molar-refractivity contribution is 6.03. The summed E-state index contributed by atoms with van der Waals surface area (Å²) in [5.74, 6) is -4.49. The van der Waals surface area contributed by atoms with Gasteiger partial charge in [0.1, 0.15) is 5.69 Å². The van der Waals surface area contributed by atoms with E-state index in [9.17, 15) is 18.0 Å². The van der Waals surface area contributed by atoms with Gasteiger partial charge in [0.15, 0.2) is 17.5 Å². The van der Waals surface area contributed by atoms with Crippen LogP contribution < -0.4 is 10.2 Å². The molecule has 2 aromatic rings. The molecule has 0 saturated carbocycles. The number of rotatable bonds is 3. The van der Waals surface area contributed by atoms with Crippen molar-refractivity contribution in [2.24, 2.45) is 5.92 Å². The highest BCUT2D eigenvalue weighted by atomic mass is 19.2. The third kappa shape index (κ3) is 3.75. The molecular formula is C18H18F3N3O. The summed E-state index contributed by atoms with van der Waals surface area (Å²) in [5, 5.41) is 2.23. The van der Waals surface area contributed by atoms with E-state index in [2.05, 4.69) is 22.1 Å². The molecule has 0 aliphatic carbocycles. The number of nitrogens with one attached hydrogen (secondary N) is 1. The summed E-state index contributed by atoms with van der Waals surface area (Å²) >= 11 is 0. The molecule has 1 saturated heterocycles. The molecule has 1 atom stereocenters. The minimum Gasteiger partial charge on any atom is -0.371 e. The van der Waals surface area contributed by atoms with E-state index in [0.717, 1.165) is 37.3 Å². The van der Waals surface area contributed by atoms with E-state index in [4.69, 9.17) is 0 Å². The fraction of sp³-hybridized carbons (Fsp3) is 0.333. The van der Waals surface area contributed by atoms with E-state index < -0.39 is 29.0 Å². The highest BCUT2D eigenvalue weighted by Gasteiger charge is 2.19. The molecule has 7 heteroatoms. The lowest BCUT2D eigenvalue weighted by Crippen LogP contribution is -2.34. The van der Waals surface area contributed by atoms with Gasteiger partial charge in [0, 0.05) is 25.0 Å². The molecule has 0 bridgehead atoms. The number of hydrogen-bond donors (Lipinski definition) is 1. The van der Waals surface area contributed by atoms with Crippen molar-refractivity contribution in [1.29, 1.82) is 0 Å². The number of pyridine rings is 1. The molecule has 1 N–H and O–H groups in total. The summed E-state index contributed by atoms with van der Waals surface area (Å²) in [6, 6.07) is 5.16. The standard InChI is InChI=1S/C18H18F3N3O/c1-11-3-2-8-24(10-11)12-6-7-22-15(9-12)18(25)23-14-5-4-13(19)16(20)17(14)21/h4-7,9,11H,2-3,8,10H2,1H3,(H,23,25). The number of amides is 1. The summed E-state index contributed by atoms with van der Waals surface area (Å²) in [5.41, 5.74) is 0.514. The van der Waals surface area contributed by atoms with Crippen molar-refractivity contribution in [2.75, 3.05) is 23.3 Å². The monoisotopic (exact) mass is 349 g/mol. The Morgan fingerprint density at radius 3 is 2.80 bits per heavy atom. The third-order valence-electron chi connectivity index (χ3n) is 4.28. The predicted molar refractivity (Wildman–Crippen MR) is 89.1 cm³/mol. The van der Waals surface area contributed by atoms with Crippen LogP contribution in [0.4, 0.5) is 24.5 Å². The van der Waals surface area contributed by atoms with Gasteiger partial charge in [-0.05, 0) is 43.0 Å². The van der Waals surface area contributed by atoms with Crippen LogP contribution in [0.15, 0.2) is 30.5 Å². The molecule has 1 aromatic heterocycles. The van der Waals surface area contributed by atoms with Crippen LogP contribution in [0.2, 0.25) is 0 Å². The summed E-state index contributed by atoms with van der Waals surface area (Å²) < 4.78 is 39.9. The van der Waals surface area contributed by atoms with Crippen LogP contribution in [-0.4, -0.2) is 24.0 Å². The molecule has 4 nitrogen and oxygen atoms in total. The Balaban J connectivity index is 1.79. The average Bonchev–Trinajstić information content (AvgIpc) is 2.62. The van der Waals surface area contributed by atoms with Crippen LogP contribution in [0.5, 0.6) is 0 Å². The normalized spacial score (nSPS) is 17.4. The largest absolute Gasteiger partial charge is 0.371 e. The van der Waals surface area contributed by atoms with E-state index in [0.29, 0.717) is 5.92 Å². The SMILES string of the molecule is CC1CCCN(c2ccnc(C(=O)Nc3ccc(F)c(F)c3F)c2)C1. The lowest BCUT2D eigenvalue weighted by atomic mass is 10.00. The van der Waals surface area contributed by atoms with Gasteiger partial charge < -0.3 is 10.2 Å². The van der Waals surface area contributed by atoms with Gasteiger partial charge in [-0.1, -0.05) is 6.92 Å². The molecule has 132 valence electrons. The number of hydrogen-bond acceptors (Lipinski definition) is 3. The number of aromatic nitrogens is 1. The Hall–Kier alpha value is -2.57. The first-order valence-corrected chi connectivity index (χ1v) is 8.11. The zero-order chi connectivity index (χ0) is 18.0. The zero-order valence-electron chi connectivity index (χ0n) is 13.7. The molecule has 1 aromatic carbocycles. The van der Waals surface area contributed by atoms with Gasteiger partial charge in [0.25, 0.3) is 5.91 Å². The van der Waals surface area contributed by atoms with Crippen LogP contribution in [-0.2, 0) is 0 Å². The molecule has 2 heterocycles. The van der Waals surface area contributed by atoms with Gasteiger partial charge in [-0.3, -0.25) is 9.78 Å². The van der Waals surface area contributed by atoms with Crippen molar-refractivity contribution in [1.82, 2.24) is 4.98 Å². The van der Waals surface area contributed by atoms with Crippen LogP contribution in [0, 0.1) is 23.4 Å². The summed E-state index contributed by atoms with van der Waals surface area (Å²) in [6.45, 7) is 3.96. The summed E-state index contributed by atoms with van der Waals surface area (Å²) in [4.78, 5) is 18.4. The maximum Gasteiger partial charge on any atom is 0.274 e. The van der Waals surface area contributed by atoms with Gasteiger partial charge >= 0.3 is 0 Å². The molecule has 1 aliphatic heterocycles. The number of carbonyl (C=O) groups is 1. The van der Waals surface area contributed by atoms with E-state index in [1.165, 1.54) is 12.6 Å². The van der Waals surface area contributed by atoms with Crippen molar-refractivity contribution in [3.63, 3.8) is 0 Å². The Morgan fingerprint density at radius 1 is 1.24 bits per heavy atom. The van der Waals surface area contributed by atoms with Crippen LogP contribution in [0.25, 0.3) is 0 Å². The van der Waals surface area contributed by atoms with E-state index >= 15 is 0 Å². The number of piperidine rings is 1. The predicted octanol–water partition coefficient (Wildman–Crippen LogP) is 3.99. The maximum absolute atomic E-state index is 13.7. The van der Waals surface area contributed by atoms with Crippen LogP contribution >= 0.6 is 0 Å². The van der Waals surface area contributed by atoms with Gasteiger partial charge in [-0.2, -0.15) is 0 Å². The lowest BCUT2D eigenvalue weighted by Gasteiger charge is -2.32. The Kier molecular flexibility index (Phi) is 4.92. The summed E-state index contributed by atoms with van der Waals surface area (Å²) in [7, 11) is 0. The molecular weight excluding hydrogens is 331 g/mol. The van der Waals surface area contributed by atoms with Gasteiger partial charge in [0.2, 0.25) is 0 Å². The fourth-order valence-electron chi connectivity index (χ4n) is 2.97. The lowest BCUT2D eigenvalue weighted by molar-refractivity contribution is 0.102. The molecule has 1 aliphatic rings. The van der Waals surface area contributed by atoms with Crippen molar-refractivity contribution in [3.05, 3.63) is 53.6 Å². The minimum atomic E-state index is -1.62. The number of anilines is 2. The molecule has 0 spiro atoms. The zero-order valence-corrected chi connectivity index (χ0v) is 13.7. The van der Waals surface area contributed by atoms with Crippen molar-refractivity contribution < 1.29 is 18.0 Å². The van der Waals surface area contributed by atoms with Gasteiger partial charge in [-0.15, -0.1) is 0 Å². The second-order valence-electron chi connectivity index (χ2n) is 6.27. The molecule has 1 fully saturated rings. The quantitative estimate of drug-likeness (QED) is 0.853. The summed E-state index contributed by atoms with van der Waals surface area (Å²) in [6.07, 6.45) is 3.75. The van der Waals surface area contributed by atoms with E-state index in [1.807, 2.05) is 6.07 Å².